The van der Waals surface area contributed by atoms with E-state index in [1.54, 1.807) is 28.9 Å². The van der Waals surface area contributed by atoms with Crippen LogP contribution in [0.15, 0.2) is 24.3 Å². The van der Waals surface area contributed by atoms with Gasteiger partial charge in [0, 0.05) is 39.1 Å². The number of nitrogens with zero attached hydrogens (tertiary/aromatic N) is 2. The van der Waals surface area contributed by atoms with Crippen LogP contribution in [0.2, 0.25) is 0 Å². The Morgan fingerprint density at radius 2 is 1.72 bits per heavy atom. The number of piperazine rings is 1. The van der Waals surface area contributed by atoms with Crippen LogP contribution in [0.3, 0.4) is 0 Å². The van der Waals surface area contributed by atoms with Crippen LogP contribution in [0, 0.1) is 5.82 Å². The summed E-state index contributed by atoms with van der Waals surface area (Å²) in [6.07, 6.45) is 0.923. The molecule has 0 radical (unpaired) electrons. The number of carbonyl (C=O) groups is 2. The van der Waals surface area contributed by atoms with E-state index in [-0.39, 0.29) is 17.8 Å². The number of ether oxygens (including phenoxy) is 1. The van der Waals surface area contributed by atoms with E-state index in [1.165, 1.54) is 12.1 Å². The third-order valence-corrected chi connectivity index (χ3v) is 4.18. The second-order valence-electron chi connectivity index (χ2n) is 5.94. The number of amides is 2. The second-order valence-corrected chi connectivity index (χ2v) is 5.94. The fourth-order valence-corrected chi connectivity index (χ4v) is 2.72. The summed E-state index contributed by atoms with van der Waals surface area (Å²) in [5.74, 6) is -0.136. The van der Waals surface area contributed by atoms with Gasteiger partial charge < -0.3 is 19.9 Å². The Morgan fingerprint density at radius 3 is 2.36 bits per heavy atom. The van der Waals surface area contributed by atoms with Crippen molar-refractivity contribution >= 4 is 12.0 Å². The third kappa shape index (κ3) is 6.34. The average Bonchev–Trinajstić information content (AvgIpc) is 2.63. The maximum atomic E-state index is 12.8. The van der Waals surface area contributed by atoms with Gasteiger partial charge in [-0.25, -0.2) is 9.18 Å². The Hall–Kier alpha value is -2.15. The van der Waals surface area contributed by atoms with Crippen molar-refractivity contribution in [2.75, 3.05) is 45.9 Å². The summed E-state index contributed by atoms with van der Waals surface area (Å²) < 4.78 is 17.8. The van der Waals surface area contributed by atoms with Crippen LogP contribution in [-0.2, 0) is 16.0 Å². The molecule has 1 saturated heterocycles. The van der Waals surface area contributed by atoms with Gasteiger partial charge in [-0.15, -0.1) is 0 Å². The van der Waals surface area contributed by atoms with Gasteiger partial charge in [0.25, 0.3) is 0 Å². The van der Waals surface area contributed by atoms with E-state index in [4.69, 9.17) is 4.74 Å². The normalized spacial score (nSPS) is 14.5. The first-order chi connectivity index (χ1) is 12.1. The van der Waals surface area contributed by atoms with Crippen molar-refractivity contribution in [1.82, 2.24) is 15.1 Å². The maximum Gasteiger partial charge on any atom is 0.409 e. The summed E-state index contributed by atoms with van der Waals surface area (Å²) in [5, 5.41) is 3.24. The number of halogens is 1. The molecule has 0 saturated carbocycles. The van der Waals surface area contributed by atoms with E-state index in [1.807, 2.05) is 0 Å². The fourth-order valence-electron chi connectivity index (χ4n) is 2.72. The molecule has 7 heteroatoms. The highest BCUT2D eigenvalue weighted by Gasteiger charge is 2.24. The SMILES string of the molecule is CCOC(=O)N1CCN(C(=O)CCNCCc2ccc(F)cc2)CC1. The van der Waals surface area contributed by atoms with E-state index in [2.05, 4.69) is 5.32 Å². The predicted octanol–water partition coefficient (Wildman–Crippen LogP) is 1.65. The third-order valence-electron chi connectivity index (χ3n) is 4.18. The Balaban J connectivity index is 1.58. The average molecular weight is 351 g/mol. The molecule has 1 aliphatic rings. The second kappa shape index (κ2) is 9.98. The molecule has 0 atom stereocenters. The molecule has 2 amide bonds. The van der Waals surface area contributed by atoms with Gasteiger partial charge in [-0.3, -0.25) is 4.79 Å². The summed E-state index contributed by atoms with van der Waals surface area (Å²) in [5.41, 5.74) is 1.07. The van der Waals surface area contributed by atoms with Gasteiger partial charge in [0.15, 0.2) is 0 Å². The van der Waals surface area contributed by atoms with Crippen LogP contribution >= 0.6 is 0 Å². The molecule has 1 N–H and O–H groups in total. The number of benzene rings is 1. The molecule has 0 bridgehead atoms. The van der Waals surface area contributed by atoms with E-state index < -0.39 is 0 Å². The molecule has 0 unspecified atom stereocenters. The fraction of sp³-hybridized carbons (Fsp3) is 0.556. The minimum Gasteiger partial charge on any atom is -0.450 e. The number of nitrogens with one attached hydrogen (secondary N) is 1. The van der Waals surface area contributed by atoms with Crippen LogP contribution < -0.4 is 5.32 Å². The zero-order valence-electron chi connectivity index (χ0n) is 14.7. The largest absolute Gasteiger partial charge is 0.450 e. The summed E-state index contributed by atoms with van der Waals surface area (Å²) in [6.45, 7) is 5.63. The first-order valence-corrected chi connectivity index (χ1v) is 8.74. The monoisotopic (exact) mass is 351 g/mol. The summed E-state index contributed by atoms with van der Waals surface area (Å²) in [4.78, 5) is 27.2. The molecule has 1 heterocycles. The van der Waals surface area contributed by atoms with E-state index in [0.29, 0.717) is 45.8 Å². The molecule has 25 heavy (non-hydrogen) atoms. The lowest BCUT2D eigenvalue weighted by Crippen LogP contribution is -2.51. The summed E-state index contributed by atoms with van der Waals surface area (Å²) in [7, 11) is 0. The highest BCUT2D eigenvalue weighted by atomic mass is 19.1. The van der Waals surface area contributed by atoms with E-state index >= 15 is 0 Å². The Kier molecular flexibility index (Phi) is 7.66. The van der Waals surface area contributed by atoms with Crippen LogP contribution in [0.1, 0.15) is 18.9 Å². The molecule has 1 aromatic rings. The summed E-state index contributed by atoms with van der Waals surface area (Å²) in [6, 6.07) is 6.44. The lowest BCUT2D eigenvalue weighted by atomic mass is 10.1. The van der Waals surface area contributed by atoms with Gasteiger partial charge in [-0.2, -0.15) is 0 Å². The van der Waals surface area contributed by atoms with Crippen LogP contribution in [0.25, 0.3) is 0 Å². The lowest BCUT2D eigenvalue weighted by molar-refractivity contribution is -0.132. The quantitative estimate of drug-likeness (QED) is 0.759. The highest BCUT2D eigenvalue weighted by Crippen LogP contribution is 2.06. The van der Waals surface area contributed by atoms with Crippen molar-refractivity contribution in [3.05, 3.63) is 35.6 Å². The molecular weight excluding hydrogens is 325 g/mol. The first kappa shape index (κ1) is 19.2. The summed E-state index contributed by atoms with van der Waals surface area (Å²) >= 11 is 0. The first-order valence-electron chi connectivity index (χ1n) is 8.74. The Morgan fingerprint density at radius 1 is 1.08 bits per heavy atom. The van der Waals surface area contributed by atoms with Gasteiger partial charge in [-0.05, 0) is 37.6 Å². The number of hydrogen-bond acceptors (Lipinski definition) is 4. The zero-order chi connectivity index (χ0) is 18.1. The van der Waals surface area contributed by atoms with Crippen molar-refractivity contribution in [3.63, 3.8) is 0 Å². The highest BCUT2D eigenvalue weighted by molar-refractivity contribution is 5.77. The van der Waals surface area contributed by atoms with E-state index in [9.17, 15) is 14.0 Å². The van der Waals surface area contributed by atoms with Crippen molar-refractivity contribution in [1.29, 1.82) is 0 Å². The Bertz CT molecular complexity index is 557. The van der Waals surface area contributed by atoms with Crippen molar-refractivity contribution in [2.45, 2.75) is 19.8 Å². The van der Waals surface area contributed by atoms with Crippen LogP contribution in [0.5, 0.6) is 0 Å². The van der Waals surface area contributed by atoms with Crippen LogP contribution in [0.4, 0.5) is 9.18 Å². The maximum absolute atomic E-state index is 12.8. The van der Waals surface area contributed by atoms with Gasteiger partial charge >= 0.3 is 6.09 Å². The van der Waals surface area contributed by atoms with Gasteiger partial charge in [0.1, 0.15) is 5.82 Å². The van der Waals surface area contributed by atoms with Crippen LogP contribution in [-0.4, -0.2) is 67.7 Å². The molecule has 0 aromatic heterocycles. The number of rotatable bonds is 7. The molecular formula is C18H26FN3O3. The molecule has 0 spiro atoms. The molecule has 2 rings (SSSR count). The minimum atomic E-state index is -0.308. The molecule has 1 aromatic carbocycles. The molecule has 0 aliphatic carbocycles. The smallest absolute Gasteiger partial charge is 0.409 e. The van der Waals surface area contributed by atoms with E-state index in [0.717, 1.165) is 18.5 Å². The minimum absolute atomic E-state index is 0.0952. The van der Waals surface area contributed by atoms with Crippen molar-refractivity contribution in [3.8, 4) is 0 Å². The van der Waals surface area contributed by atoms with Crippen molar-refractivity contribution < 1.29 is 18.7 Å². The topological polar surface area (TPSA) is 61.9 Å². The predicted molar refractivity (Wildman–Crippen MR) is 92.8 cm³/mol. The molecule has 138 valence electrons. The number of hydrogen-bond donors (Lipinski definition) is 1. The lowest BCUT2D eigenvalue weighted by Gasteiger charge is -2.34. The Labute approximate surface area is 147 Å². The van der Waals surface area contributed by atoms with Crippen molar-refractivity contribution in [2.24, 2.45) is 0 Å². The number of carbonyl (C=O) groups excluding carboxylic acids is 2. The standard InChI is InChI=1S/C18H26FN3O3/c1-2-25-18(24)22-13-11-21(12-14-22)17(23)8-10-20-9-7-15-3-5-16(19)6-4-15/h3-6,20H,2,7-14H2,1H3. The molecule has 1 aliphatic heterocycles. The zero-order valence-corrected chi connectivity index (χ0v) is 14.7. The molecule has 1 fully saturated rings. The van der Waals surface area contributed by atoms with Gasteiger partial charge in [-0.1, -0.05) is 12.1 Å². The molecule has 6 nitrogen and oxygen atoms in total. The van der Waals surface area contributed by atoms with Gasteiger partial charge in [0.05, 0.1) is 6.61 Å². The van der Waals surface area contributed by atoms with Gasteiger partial charge in [0.2, 0.25) is 5.91 Å².